The van der Waals surface area contributed by atoms with Crippen molar-refractivity contribution < 1.29 is 19.4 Å². The van der Waals surface area contributed by atoms with Gasteiger partial charge in [0.05, 0.1) is 23.0 Å². The highest BCUT2D eigenvalue weighted by atomic mass is 35.5. The second-order valence-electron chi connectivity index (χ2n) is 9.02. The monoisotopic (exact) mass is 513 g/mol. The Morgan fingerprint density at radius 2 is 1.59 bits per heavy atom. The van der Waals surface area contributed by atoms with Gasteiger partial charge in [-0.2, -0.15) is 0 Å². The Hall–Kier alpha value is -4.23. The minimum atomic E-state index is -0.763. The summed E-state index contributed by atoms with van der Waals surface area (Å²) in [5, 5.41) is 12.8. The fourth-order valence-electron chi connectivity index (χ4n) is 4.37. The summed E-state index contributed by atoms with van der Waals surface area (Å²) in [6.07, 6.45) is 3.11. The Balaban J connectivity index is 1.30. The molecule has 0 bridgehead atoms. The number of carboxylic acid groups (broad SMARTS) is 1. The number of amides is 1. The van der Waals surface area contributed by atoms with Crippen LogP contribution < -0.4 is 5.32 Å². The van der Waals surface area contributed by atoms with Crippen molar-refractivity contribution in [3.05, 3.63) is 101 Å². The first-order valence-electron chi connectivity index (χ1n) is 11.8. The normalized spacial score (nSPS) is 14.4. The van der Waals surface area contributed by atoms with Gasteiger partial charge in [0.15, 0.2) is 0 Å². The van der Waals surface area contributed by atoms with Crippen LogP contribution in [-0.2, 0) is 14.9 Å². The predicted octanol–water partition coefficient (Wildman–Crippen LogP) is 6.89. The molecular weight excluding hydrogens is 490 g/mol. The van der Waals surface area contributed by atoms with Crippen LogP contribution in [0.4, 0.5) is 10.5 Å². The molecule has 0 saturated heterocycles. The van der Waals surface area contributed by atoms with Gasteiger partial charge in [0.1, 0.15) is 12.4 Å². The van der Waals surface area contributed by atoms with E-state index in [0.29, 0.717) is 34.8 Å². The molecule has 1 aromatic heterocycles. The third-order valence-electron chi connectivity index (χ3n) is 6.66. The van der Waals surface area contributed by atoms with E-state index in [4.69, 9.17) is 16.3 Å². The number of rotatable bonds is 7. The Labute approximate surface area is 219 Å². The quantitative estimate of drug-likeness (QED) is 0.279. The van der Waals surface area contributed by atoms with E-state index in [9.17, 15) is 14.7 Å². The van der Waals surface area contributed by atoms with Crippen molar-refractivity contribution in [1.82, 2.24) is 9.97 Å². The molecule has 1 aliphatic carbocycles. The summed E-state index contributed by atoms with van der Waals surface area (Å²) < 4.78 is 5.51. The maximum Gasteiger partial charge on any atom is 0.412 e. The van der Waals surface area contributed by atoms with Gasteiger partial charge in [0.2, 0.25) is 0 Å². The number of ether oxygens (including phenoxy) is 1. The molecule has 1 amide bonds. The molecule has 1 aliphatic rings. The minimum Gasteiger partial charge on any atom is -0.481 e. The zero-order chi connectivity index (χ0) is 26.0. The number of carbonyl (C=O) groups is 2. The third kappa shape index (κ3) is 5.04. The van der Waals surface area contributed by atoms with Gasteiger partial charge in [-0.25, -0.2) is 14.8 Å². The van der Waals surface area contributed by atoms with Crippen molar-refractivity contribution in [3.63, 3.8) is 0 Å². The van der Waals surface area contributed by atoms with E-state index >= 15 is 0 Å². The summed E-state index contributed by atoms with van der Waals surface area (Å²) in [6, 6.07) is 22.6. The number of aliphatic carboxylic acids is 1. The molecule has 3 aromatic carbocycles. The lowest BCUT2D eigenvalue weighted by Gasteiger charge is -2.16. The Morgan fingerprint density at radius 3 is 2.22 bits per heavy atom. The first-order chi connectivity index (χ1) is 17.9. The molecule has 7 nitrogen and oxygen atoms in total. The second kappa shape index (κ2) is 10.0. The number of carbonyl (C=O) groups excluding carboxylic acids is 1. The molecule has 1 saturated carbocycles. The van der Waals surface area contributed by atoms with Gasteiger partial charge >= 0.3 is 12.1 Å². The molecule has 4 aromatic rings. The molecule has 0 spiro atoms. The number of anilines is 1. The van der Waals surface area contributed by atoms with Crippen LogP contribution in [0.15, 0.2) is 85.3 Å². The van der Waals surface area contributed by atoms with E-state index in [-0.39, 0.29) is 0 Å². The van der Waals surface area contributed by atoms with Crippen LogP contribution in [0.2, 0.25) is 5.02 Å². The third-order valence-corrected chi connectivity index (χ3v) is 7.01. The van der Waals surface area contributed by atoms with Crippen LogP contribution >= 0.6 is 11.6 Å². The number of benzene rings is 3. The smallest absolute Gasteiger partial charge is 0.412 e. The molecule has 0 radical (unpaired) electrons. The second-order valence-corrected chi connectivity index (χ2v) is 9.43. The zero-order valence-corrected chi connectivity index (χ0v) is 20.8. The van der Waals surface area contributed by atoms with Gasteiger partial charge in [-0.1, -0.05) is 78.3 Å². The summed E-state index contributed by atoms with van der Waals surface area (Å²) in [6.45, 7) is 1.75. The van der Waals surface area contributed by atoms with E-state index in [0.717, 1.165) is 22.3 Å². The highest BCUT2D eigenvalue weighted by molar-refractivity contribution is 6.31. The molecule has 37 heavy (non-hydrogen) atoms. The summed E-state index contributed by atoms with van der Waals surface area (Å²) in [5.41, 5.74) is 4.55. The van der Waals surface area contributed by atoms with Crippen LogP contribution in [0, 0.1) is 0 Å². The minimum absolute atomic E-state index is 0.416. The van der Waals surface area contributed by atoms with Gasteiger partial charge in [-0.15, -0.1) is 0 Å². The molecule has 1 fully saturated rings. The van der Waals surface area contributed by atoms with Gasteiger partial charge in [0.25, 0.3) is 0 Å². The standard InChI is InChI=1S/C29H24ClN3O4/c1-18(23-4-2-3-5-24(23)30)37-28(36)33-25-16-31-17-32-26(25)21-8-6-19(7-9-21)20-10-12-22(13-11-20)29(14-15-29)27(34)35/h2-13,16-18H,14-15H2,1H3,(H,33,36)(H,34,35). The summed E-state index contributed by atoms with van der Waals surface area (Å²) in [5.74, 6) is -0.763. The van der Waals surface area contributed by atoms with Gasteiger partial charge < -0.3 is 9.84 Å². The van der Waals surface area contributed by atoms with Crippen molar-refractivity contribution >= 4 is 29.4 Å². The van der Waals surface area contributed by atoms with Gasteiger partial charge in [-0.05, 0) is 42.5 Å². The van der Waals surface area contributed by atoms with Crippen LogP contribution in [0.25, 0.3) is 22.4 Å². The lowest BCUT2D eigenvalue weighted by molar-refractivity contribution is -0.140. The van der Waals surface area contributed by atoms with Crippen LogP contribution in [0.3, 0.4) is 0 Å². The number of hydrogen-bond donors (Lipinski definition) is 2. The molecule has 1 atom stereocenters. The number of hydrogen-bond acceptors (Lipinski definition) is 5. The number of carboxylic acids is 1. The fourth-order valence-corrected chi connectivity index (χ4v) is 4.66. The Bertz CT molecular complexity index is 1450. The SMILES string of the molecule is CC(OC(=O)Nc1cncnc1-c1ccc(-c2ccc(C3(C(=O)O)CC3)cc2)cc1)c1ccccc1Cl. The van der Waals surface area contributed by atoms with Crippen molar-refractivity contribution in [2.75, 3.05) is 5.32 Å². The lowest BCUT2D eigenvalue weighted by atomic mass is 9.93. The topological polar surface area (TPSA) is 101 Å². The highest BCUT2D eigenvalue weighted by Crippen LogP contribution is 2.48. The predicted molar refractivity (Wildman–Crippen MR) is 141 cm³/mol. The van der Waals surface area contributed by atoms with Crippen molar-refractivity contribution in [2.24, 2.45) is 0 Å². The Morgan fingerprint density at radius 1 is 0.973 bits per heavy atom. The highest BCUT2D eigenvalue weighted by Gasteiger charge is 2.51. The lowest BCUT2D eigenvalue weighted by Crippen LogP contribution is -2.19. The van der Waals surface area contributed by atoms with Crippen molar-refractivity contribution in [1.29, 1.82) is 0 Å². The van der Waals surface area contributed by atoms with Crippen molar-refractivity contribution in [2.45, 2.75) is 31.3 Å². The maximum atomic E-state index is 12.6. The number of nitrogens with zero attached hydrogens (tertiary/aromatic N) is 2. The van der Waals surface area contributed by atoms with E-state index in [1.807, 2.05) is 66.7 Å². The van der Waals surface area contributed by atoms with E-state index in [1.54, 1.807) is 13.0 Å². The average molecular weight is 514 g/mol. The summed E-state index contributed by atoms with van der Waals surface area (Å²) in [4.78, 5) is 32.6. The number of halogens is 1. The van der Waals surface area contributed by atoms with Crippen LogP contribution in [0.5, 0.6) is 0 Å². The Kier molecular flexibility index (Phi) is 6.63. The zero-order valence-electron chi connectivity index (χ0n) is 20.0. The van der Waals surface area contributed by atoms with E-state index in [2.05, 4.69) is 15.3 Å². The van der Waals surface area contributed by atoms with E-state index in [1.165, 1.54) is 12.5 Å². The summed E-state index contributed by atoms with van der Waals surface area (Å²) >= 11 is 6.21. The summed E-state index contributed by atoms with van der Waals surface area (Å²) in [7, 11) is 0. The first-order valence-corrected chi connectivity index (χ1v) is 12.2. The first kappa shape index (κ1) is 24.5. The molecule has 1 heterocycles. The molecule has 1 unspecified atom stereocenters. The molecule has 0 aliphatic heterocycles. The van der Waals surface area contributed by atoms with Crippen LogP contribution in [0.1, 0.15) is 37.0 Å². The number of aromatic nitrogens is 2. The molecule has 2 N–H and O–H groups in total. The average Bonchev–Trinajstić information content (AvgIpc) is 3.72. The van der Waals surface area contributed by atoms with Crippen molar-refractivity contribution in [3.8, 4) is 22.4 Å². The maximum absolute atomic E-state index is 12.6. The van der Waals surface area contributed by atoms with Gasteiger partial charge in [-0.3, -0.25) is 10.1 Å². The number of nitrogens with one attached hydrogen (secondary N) is 1. The largest absolute Gasteiger partial charge is 0.481 e. The van der Waals surface area contributed by atoms with Crippen LogP contribution in [-0.4, -0.2) is 27.1 Å². The molecule has 5 rings (SSSR count). The van der Waals surface area contributed by atoms with E-state index < -0.39 is 23.6 Å². The molecule has 8 heteroatoms. The molecular formula is C29H24ClN3O4. The fraction of sp³-hybridized carbons (Fsp3) is 0.172. The molecule has 186 valence electrons. The van der Waals surface area contributed by atoms with Gasteiger partial charge in [0, 0.05) is 16.1 Å².